The normalized spacial score (nSPS) is 11.6. The maximum Gasteiger partial charge on any atom is 0.341 e. The Bertz CT molecular complexity index is 1330. The molecule has 1 aliphatic heterocycles. The van der Waals surface area contributed by atoms with E-state index in [0.717, 1.165) is 11.3 Å². The minimum absolute atomic E-state index is 0.0331. The van der Waals surface area contributed by atoms with Crippen molar-refractivity contribution in [2.45, 2.75) is 6.92 Å². The van der Waals surface area contributed by atoms with Gasteiger partial charge in [0.05, 0.1) is 22.5 Å². The summed E-state index contributed by atoms with van der Waals surface area (Å²) in [6.45, 7) is 1.60. The Morgan fingerprint density at radius 3 is 2.56 bits per heavy atom. The first-order chi connectivity index (χ1) is 16.3. The molecule has 3 aromatic rings. The van der Waals surface area contributed by atoms with Crippen LogP contribution in [0.5, 0.6) is 11.5 Å². The Hall–Kier alpha value is -4.45. The zero-order valence-electron chi connectivity index (χ0n) is 17.9. The van der Waals surface area contributed by atoms with Crippen LogP contribution in [-0.4, -0.2) is 36.6 Å². The average Bonchev–Trinajstić information content (AvgIpc) is 3.42. The fourth-order valence-corrected chi connectivity index (χ4v) is 4.35. The third kappa shape index (κ3) is 4.38. The van der Waals surface area contributed by atoms with Gasteiger partial charge in [0.1, 0.15) is 5.00 Å². The first-order valence-electron chi connectivity index (χ1n) is 9.77. The number of nitro benzene ring substituents is 1. The molecule has 0 saturated carbocycles. The van der Waals surface area contributed by atoms with E-state index in [1.54, 1.807) is 13.0 Å². The Morgan fingerprint density at radius 1 is 1.06 bits per heavy atom. The summed E-state index contributed by atoms with van der Waals surface area (Å²) in [5.41, 5.74) is 0.602. The van der Waals surface area contributed by atoms with Crippen LogP contribution >= 0.6 is 11.3 Å². The van der Waals surface area contributed by atoms with Gasteiger partial charge in [-0.05, 0) is 36.8 Å². The number of thiophene rings is 1. The van der Waals surface area contributed by atoms with Gasteiger partial charge in [-0.25, -0.2) is 4.79 Å². The maximum absolute atomic E-state index is 12.9. The first-order valence-corrected chi connectivity index (χ1v) is 10.6. The van der Waals surface area contributed by atoms with Crippen LogP contribution in [0.2, 0.25) is 0 Å². The minimum atomic E-state index is -0.732. The molecule has 4 rings (SSSR count). The molecule has 0 aliphatic carbocycles. The summed E-state index contributed by atoms with van der Waals surface area (Å²) in [5, 5.41) is 16.3. The van der Waals surface area contributed by atoms with Crippen molar-refractivity contribution < 1.29 is 33.5 Å². The van der Waals surface area contributed by atoms with Gasteiger partial charge in [0, 0.05) is 23.4 Å². The molecule has 0 bridgehead atoms. The lowest BCUT2D eigenvalue weighted by molar-refractivity contribution is -0.384. The quantitative estimate of drug-likeness (QED) is 0.304. The predicted octanol–water partition coefficient (Wildman–Crippen LogP) is 3.98. The van der Waals surface area contributed by atoms with E-state index in [1.165, 1.54) is 43.5 Å². The molecule has 2 heterocycles. The number of nitrogens with one attached hydrogen (secondary N) is 2. The number of nitrogens with zero attached hydrogens (tertiary/aromatic N) is 1. The summed E-state index contributed by atoms with van der Waals surface area (Å²) in [6.07, 6.45) is 0. The second-order valence-electron chi connectivity index (χ2n) is 7.04. The topological polar surface area (TPSA) is 146 Å². The molecular weight excluding hydrogens is 466 g/mol. The minimum Gasteiger partial charge on any atom is -0.465 e. The second kappa shape index (κ2) is 9.19. The van der Waals surface area contributed by atoms with Gasteiger partial charge >= 0.3 is 5.97 Å². The second-order valence-corrected chi connectivity index (χ2v) is 8.06. The van der Waals surface area contributed by atoms with Crippen LogP contribution in [0.15, 0.2) is 42.5 Å². The Balaban J connectivity index is 1.62. The van der Waals surface area contributed by atoms with Crippen LogP contribution in [-0.2, 0) is 4.74 Å². The molecule has 2 N–H and O–H groups in total. The number of benzene rings is 2. The zero-order valence-corrected chi connectivity index (χ0v) is 18.7. The largest absolute Gasteiger partial charge is 0.465 e. The Labute approximate surface area is 196 Å². The van der Waals surface area contributed by atoms with Crippen molar-refractivity contribution in [2.75, 3.05) is 24.5 Å². The number of rotatable bonds is 6. The summed E-state index contributed by atoms with van der Waals surface area (Å²) < 4.78 is 15.4. The van der Waals surface area contributed by atoms with Crippen molar-refractivity contribution >= 4 is 45.5 Å². The van der Waals surface area contributed by atoms with Gasteiger partial charge in [0.25, 0.3) is 17.5 Å². The van der Waals surface area contributed by atoms with Crippen molar-refractivity contribution in [2.24, 2.45) is 0 Å². The van der Waals surface area contributed by atoms with Crippen molar-refractivity contribution in [3.8, 4) is 11.5 Å². The number of hydrogen-bond donors (Lipinski definition) is 2. The van der Waals surface area contributed by atoms with E-state index in [2.05, 4.69) is 10.6 Å². The molecule has 0 fully saturated rings. The van der Waals surface area contributed by atoms with E-state index in [-0.39, 0.29) is 39.2 Å². The molecule has 1 aromatic heterocycles. The summed E-state index contributed by atoms with van der Waals surface area (Å²) in [4.78, 5) is 48.7. The fourth-order valence-electron chi connectivity index (χ4n) is 3.26. The Kier molecular flexibility index (Phi) is 6.15. The molecule has 0 radical (unpaired) electrons. The number of carbonyl (C=O) groups is 3. The summed E-state index contributed by atoms with van der Waals surface area (Å²) in [6, 6.07) is 10.1. The SMILES string of the molecule is COC(=O)c1c(NC(=O)c2ccc3c(c2)OCO3)sc(C(=O)Nc2cccc([N+](=O)[O-])c2)c1C. The zero-order chi connectivity index (χ0) is 24.4. The van der Waals surface area contributed by atoms with Crippen LogP contribution in [0.4, 0.5) is 16.4 Å². The van der Waals surface area contributed by atoms with Crippen molar-refractivity contribution in [3.63, 3.8) is 0 Å². The number of ether oxygens (including phenoxy) is 3. The number of nitro groups is 1. The maximum atomic E-state index is 12.9. The number of methoxy groups -OCH3 is 1. The van der Waals surface area contributed by atoms with Crippen LogP contribution in [0.25, 0.3) is 0 Å². The molecular formula is C22H17N3O8S. The van der Waals surface area contributed by atoms with Crippen LogP contribution in [0.1, 0.15) is 36.0 Å². The van der Waals surface area contributed by atoms with E-state index >= 15 is 0 Å². The number of non-ortho nitro benzene ring substituents is 1. The summed E-state index contributed by atoms with van der Waals surface area (Å²) in [5.74, 6) is -0.935. The molecule has 0 atom stereocenters. The van der Waals surface area contributed by atoms with Crippen molar-refractivity contribution in [3.05, 3.63) is 74.1 Å². The molecule has 0 spiro atoms. The van der Waals surface area contributed by atoms with E-state index < -0.39 is 22.7 Å². The lowest BCUT2D eigenvalue weighted by atomic mass is 10.1. The van der Waals surface area contributed by atoms with Gasteiger partial charge < -0.3 is 24.8 Å². The molecule has 174 valence electrons. The highest BCUT2D eigenvalue weighted by molar-refractivity contribution is 7.19. The standard InChI is InChI=1S/C22H17N3O8S/c1-11-17(22(28)31-2)21(24-19(26)12-6-7-15-16(8-12)33-10-32-15)34-18(11)20(27)23-13-4-3-5-14(9-13)25(29)30/h3-9H,10H2,1-2H3,(H,23,27)(H,24,26). The number of hydrogen-bond acceptors (Lipinski definition) is 9. The molecule has 0 saturated heterocycles. The number of anilines is 2. The molecule has 34 heavy (non-hydrogen) atoms. The predicted molar refractivity (Wildman–Crippen MR) is 122 cm³/mol. The van der Waals surface area contributed by atoms with Gasteiger partial charge in [0.15, 0.2) is 11.5 Å². The van der Waals surface area contributed by atoms with E-state index in [1.807, 2.05) is 0 Å². The third-order valence-corrected chi connectivity index (χ3v) is 6.13. The summed E-state index contributed by atoms with van der Waals surface area (Å²) >= 11 is 0.881. The van der Waals surface area contributed by atoms with Gasteiger partial charge in [0.2, 0.25) is 6.79 Å². The monoisotopic (exact) mass is 483 g/mol. The third-order valence-electron chi connectivity index (χ3n) is 4.92. The van der Waals surface area contributed by atoms with E-state index in [0.29, 0.717) is 17.1 Å². The van der Waals surface area contributed by atoms with Crippen LogP contribution in [0, 0.1) is 17.0 Å². The molecule has 11 nitrogen and oxygen atoms in total. The van der Waals surface area contributed by atoms with Gasteiger partial charge in [-0.1, -0.05) is 6.07 Å². The lowest BCUT2D eigenvalue weighted by Gasteiger charge is -2.07. The number of esters is 1. The first kappa shape index (κ1) is 22.7. The average molecular weight is 483 g/mol. The summed E-state index contributed by atoms with van der Waals surface area (Å²) in [7, 11) is 1.19. The van der Waals surface area contributed by atoms with Crippen molar-refractivity contribution in [1.29, 1.82) is 0 Å². The fraction of sp³-hybridized carbons (Fsp3) is 0.136. The highest BCUT2D eigenvalue weighted by Crippen LogP contribution is 2.36. The number of amides is 2. The lowest BCUT2D eigenvalue weighted by Crippen LogP contribution is -2.14. The molecule has 2 aromatic carbocycles. The van der Waals surface area contributed by atoms with Gasteiger partial charge in [-0.15, -0.1) is 11.3 Å². The smallest absolute Gasteiger partial charge is 0.341 e. The van der Waals surface area contributed by atoms with E-state index in [4.69, 9.17) is 14.2 Å². The van der Waals surface area contributed by atoms with Crippen LogP contribution in [0.3, 0.4) is 0 Å². The van der Waals surface area contributed by atoms with E-state index in [9.17, 15) is 24.5 Å². The molecule has 2 amide bonds. The van der Waals surface area contributed by atoms with Crippen LogP contribution < -0.4 is 20.1 Å². The van der Waals surface area contributed by atoms with Gasteiger partial charge in [-0.3, -0.25) is 19.7 Å². The Morgan fingerprint density at radius 2 is 1.82 bits per heavy atom. The molecule has 0 unspecified atom stereocenters. The number of carbonyl (C=O) groups excluding carboxylic acids is 3. The van der Waals surface area contributed by atoms with Crippen molar-refractivity contribution in [1.82, 2.24) is 0 Å². The highest BCUT2D eigenvalue weighted by Gasteiger charge is 2.27. The number of fused-ring (bicyclic) bond motifs is 1. The molecule has 12 heteroatoms. The van der Waals surface area contributed by atoms with Gasteiger partial charge in [-0.2, -0.15) is 0 Å². The highest BCUT2D eigenvalue weighted by atomic mass is 32.1. The molecule has 1 aliphatic rings.